The van der Waals surface area contributed by atoms with Crippen LogP contribution < -0.4 is 11.5 Å². The normalized spacial score (nSPS) is 13.8. The first-order valence-corrected chi connectivity index (χ1v) is 3.69. The summed E-state index contributed by atoms with van der Waals surface area (Å²) < 4.78 is 0. The molecule has 13 heavy (non-hydrogen) atoms. The molecule has 0 bridgehead atoms. The van der Waals surface area contributed by atoms with Crippen molar-refractivity contribution in [2.24, 2.45) is 21.6 Å². The van der Waals surface area contributed by atoms with Crippen LogP contribution in [0, 0.1) is 4.91 Å². The van der Waals surface area contributed by atoms with Crippen molar-refractivity contribution >= 4 is 11.9 Å². The third kappa shape index (κ3) is 5.74. The van der Waals surface area contributed by atoms with E-state index in [9.17, 15) is 9.70 Å². The summed E-state index contributed by atoms with van der Waals surface area (Å²) in [6.07, 6.45) is 0.759. The molecule has 0 radical (unpaired) electrons. The first kappa shape index (κ1) is 11.5. The number of rotatable bonds is 5. The van der Waals surface area contributed by atoms with Crippen molar-refractivity contribution in [1.29, 1.82) is 0 Å². The Morgan fingerprint density at radius 3 is 2.62 bits per heavy atom. The molecule has 0 rings (SSSR count). The number of aliphatic carboxylic acids is 1. The number of carboxylic acid groups (broad SMARTS) is 1. The molecule has 0 saturated carbocycles. The minimum atomic E-state index is -1.05. The largest absolute Gasteiger partial charge is 0.480 e. The van der Waals surface area contributed by atoms with E-state index in [1.54, 1.807) is 0 Å². The Labute approximate surface area is 74.8 Å². The second-order valence-corrected chi connectivity index (χ2v) is 2.42. The smallest absolute Gasteiger partial charge is 0.320 e. The van der Waals surface area contributed by atoms with Gasteiger partial charge in [0.15, 0.2) is 0 Å². The van der Waals surface area contributed by atoms with E-state index in [1.165, 1.54) is 0 Å². The molecule has 0 aromatic heterocycles. The molecule has 7 nitrogen and oxygen atoms in total. The molecular formula is C6H12N4O3. The van der Waals surface area contributed by atoms with Gasteiger partial charge in [0.1, 0.15) is 6.04 Å². The highest BCUT2D eigenvalue weighted by molar-refractivity contribution is 5.78. The molecule has 74 valence electrons. The van der Waals surface area contributed by atoms with Crippen LogP contribution in [0.2, 0.25) is 0 Å². The van der Waals surface area contributed by atoms with Crippen LogP contribution in [-0.2, 0) is 4.79 Å². The Balaban J connectivity index is 3.57. The molecule has 0 aliphatic heterocycles. The number of guanidine groups is 1. The lowest BCUT2D eigenvalue weighted by molar-refractivity contribution is -0.138. The predicted molar refractivity (Wildman–Crippen MR) is 47.1 cm³/mol. The van der Waals surface area contributed by atoms with Crippen molar-refractivity contribution in [1.82, 2.24) is 0 Å². The fourth-order valence-corrected chi connectivity index (χ4v) is 0.657. The lowest BCUT2D eigenvalue weighted by Crippen LogP contribution is -2.30. The van der Waals surface area contributed by atoms with E-state index < -0.39 is 12.0 Å². The molecule has 0 amide bonds. The number of carbonyl (C=O) groups is 1. The van der Waals surface area contributed by atoms with Gasteiger partial charge in [-0.15, -0.1) is 4.91 Å². The van der Waals surface area contributed by atoms with E-state index in [1.807, 2.05) is 0 Å². The van der Waals surface area contributed by atoms with Crippen LogP contribution in [0.4, 0.5) is 0 Å². The molecule has 0 aliphatic rings. The quantitative estimate of drug-likeness (QED) is 0.226. The van der Waals surface area contributed by atoms with Gasteiger partial charge in [-0.3, -0.25) is 4.79 Å². The third-order valence-corrected chi connectivity index (χ3v) is 1.36. The molecule has 0 spiro atoms. The molecule has 0 aliphatic carbocycles. The number of nitrogens with zero attached hydrogens (tertiary/aromatic N) is 2. The number of hydrogen-bond donors (Lipinski definition) is 3. The molecule has 1 atom stereocenters. The second-order valence-electron chi connectivity index (χ2n) is 2.42. The van der Waals surface area contributed by atoms with Gasteiger partial charge in [-0.05, 0) is 12.8 Å². The molecule has 7 heteroatoms. The lowest BCUT2D eigenvalue weighted by Gasteiger charge is -2.03. The van der Waals surface area contributed by atoms with Crippen molar-refractivity contribution in [3.63, 3.8) is 0 Å². The number of hydrogen-bond acceptors (Lipinski definition) is 4. The number of carboxylic acids is 1. The summed E-state index contributed by atoms with van der Waals surface area (Å²) in [5.74, 6) is -1.38. The van der Waals surface area contributed by atoms with Gasteiger partial charge in [-0.2, -0.15) is 0 Å². The molecule has 0 fully saturated rings. The highest BCUT2D eigenvalue weighted by atomic mass is 16.4. The van der Waals surface area contributed by atoms with Gasteiger partial charge in [-0.25, -0.2) is 4.99 Å². The summed E-state index contributed by atoms with van der Waals surface area (Å²) in [7, 11) is 0. The zero-order chi connectivity index (χ0) is 10.3. The Morgan fingerprint density at radius 2 is 2.15 bits per heavy atom. The fraction of sp³-hybridized carbons (Fsp3) is 0.667. The maximum atomic E-state index is 10.2. The maximum Gasteiger partial charge on any atom is 0.320 e. The monoisotopic (exact) mass is 188 g/mol. The Morgan fingerprint density at radius 1 is 1.54 bits per heavy atom. The summed E-state index contributed by atoms with van der Waals surface area (Å²) in [4.78, 5) is 23.5. The zero-order valence-electron chi connectivity index (χ0n) is 7.01. The van der Waals surface area contributed by atoms with Crippen LogP contribution in [-0.4, -0.2) is 29.6 Å². The first-order chi connectivity index (χ1) is 6.07. The van der Waals surface area contributed by atoms with E-state index in [2.05, 4.69) is 10.2 Å². The van der Waals surface area contributed by atoms with Gasteiger partial charge in [0.2, 0.25) is 0 Å². The van der Waals surface area contributed by atoms with Crippen LogP contribution in [0.15, 0.2) is 10.2 Å². The SMILES string of the molecule is NC(N=O)=NCCC[C@H](N)C(=O)O. The van der Waals surface area contributed by atoms with Gasteiger partial charge in [0.25, 0.3) is 5.96 Å². The molecule has 0 saturated heterocycles. The number of aliphatic imine (C=N–C) groups is 1. The number of nitroso groups, excluding NO2 is 1. The summed E-state index contributed by atoms with van der Waals surface area (Å²) in [5.41, 5.74) is 10.2. The summed E-state index contributed by atoms with van der Waals surface area (Å²) in [5, 5.41) is 10.8. The van der Waals surface area contributed by atoms with Gasteiger partial charge < -0.3 is 16.6 Å². The maximum absolute atomic E-state index is 10.2. The molecular weight excluding hydrogens is 176 g/mol. The molecule has 0 aromatic rings. The topological polar surface area (TPSA) is 131 Å². The van der Waals surface area contributed by atoms with E-state index in [4.69, 9.17) is 16.6 Å². The minimum Gasteiger partial charge on any atom is -0.480 e. The fourth-order valence-electron chi connectivity index (χ4n) is 0.657. The van der Waals surface area contributed by atoms with Crippen LogP contribution in [0.25, 0.3) is 0 Å². The van der Waals surface area contributed by atoms with E-state index >= 15 is 0 Å². The Kier molecular flexibility index (Phi) is 5.37. The van der Waals surface area contributed by atoms with Crippen LogP contribution in [0.3, 0.4) is 0 Å². The van der Waals surface area contributed by atoms with Crippen molar-refractivity contribution in [3.05, 3.63) is 4.91 Å². The predicted octanol–water partition coefficient (Wildman–Crippen LogP) is -0.740. The van der Waals surface area contributed by atoms with Crippen molar-refractivity contribution in [3.8, 4) is 0 Å². The molecule has 0 unspecified atom stereocenters. The minimum absolute atomic E-state index is 0.262. The second kappa shape index (κ2) is 6.06. The van der Waals surface area contributed by atoms with Gasteiger partial charge >= 0.3 is 5.97 Å². The van der Waals surface area contributed by atoms with Gasteiger partial charge in [0.05, 0.1) is 0 Å². The third-order valence-electron chi connectivity index (χ3n) is 1.36. The van der Waals surface area contributed by atoms with E-state index in [0.29, 0.717) is 12.8 Å². The van der Waals surface area contributed by atoms with Crippen LogP contribution in [0.5, 0.6) is 0 Å². The van der Waals surface area contributed by atoms with E-state index in [0.717, 1.165) is 0 Å². The summed E-state index contributed by atoms with van der Waals surface area (Å²) in [6.45, 7) is 0.262. The lowest BCUT2D eigenvalue weighted by atomic mass is 10.2. The zero-order valence-corrected chi connectivity index (χ0v) is 7.01. The summed E-state index contributed by atoms with van der Waals surface area (Å²) in [6, 6.07) is -0.888. The highest BCUT2D eigenvalue weighted by Crippen LogP contribution is 1.94. The molecule has 0 aromatic carbocycles. The summed E-state index contributed by atoms with van der Waals surface area (Å²) >= 11 is 0. The van der Waals surface area contributed by atoms with Crippen LogP contribution >= 0.6 is 0 Å². The Hall–Kier alpha value is -1.50. The van der Waals surface area contributed by atoms with Crippen molar-refractivity contribution in [2.45, 2.75) is 18.9 Å². The molecule has 5 N–H and O–H groups in total. The Bertz CT molecular complexity index is 216. The van der Waals surface area contributed by atoms with Gasteiger partial charge in [-0.1, -0.05) is 0 Å². The average Bonchev–Trinajstić information content (AvgIpc) is 2.11. The number of nitrogens with two attached hydrogens (primary N) is 2. The van der Waals surface area contributed by atoms with Gasteiger partial charge in [0, 0.05) is 11.7 Å². The average molecular weight is 188 g/mol. The van der Waals surface area contributed by atoms with Crippen LogP contribution in [0.1, 0.15) is 12.8 Å². The molecule has 0 heterocycles. The van der Waals surface area contributed by atoms with Crippen molar-refractivity contribution in [2.75, 3.05) is 6.54 Å². The van der Waals surface area contributed by atoms with E-state index in [-0.39, 0.29) is 12.5 Å². The first-order valence-electron chi connectivity index (χ1n) is 3.69. The van der Waals surface area contributed by atoms with Crippen molar-refractivity contribution < 1.29 is 9.90 Å². The standard InChI is InChI=1S/C6H12N4O3/c7-4(5(11)12)2-1-3-9-6(8)10-13/h4H,1-3,7H2,(H2,8,9)(H,11,12)/t4-/m0/s1. The highest BCUT2D eigenvalue weighted by Gasteiger charge is 2.09.